The number of para-hydroxylation sites is 1. The monoisotopic (exact) mass is 250 g/mol. The van der Waals surface area contributed by atoms with Crippen molar-refractivity contribution in [2.24, 2.45) is 5.92 Å². The van der Waals surface area contributed by atoms with Gasteiger partial charge in [0.25, 0.3) is 0 Å². The topological polar surface area (TPSA) is 83.8 Å². The molecular weight excluding hydrogens is 236 g/mol. The van der Waals surface area contributed by atoms with E-state index in [1.54, 1.807) is 24.3 Å². The maximum absolute atomic E-state index is 11.5. The maximum atomic E-state index is 11.5. The fourth-order valence-electron chi connectivity index (χ4n) is 2.51. The number of rotatable bonds is 4. The Kier molecular flexibility index (Phi) is 2.98. The molecule has 18 heavy (non-hydrogen) atoms. The van der Waals surface area contributed by atoms with E-state index in [1.807, 2.05) is 0 Å². The average molecular weight is 250 g/mol. The Morgan fingerprint density at radius 3 is 2.39 bits per heavy atom. The van der Waals surface area contributed by atoms with E-state index >= 15 is 0 Å². The zero-order valence-electron chi connectivity index (χ0n) is 9.92. The molecule has 2 N–H and O–H groups in total. The van der Waals surface area contributed by atoms with Gasteiger partial charge in [0.1, 0.15) is 5.75 Å². The molecule has 1 aromatic carbocycles. The first-order valence-corrected chi connectivity index (χ1v) is 5.61. The lowest BCUT2D eigenvalue weighted by Crippen LogP contribution is -2.50. The highest BCUT2D eigenvalue weighted by Crippen LogP contribution is 2.50. The van der Waals surface area contributed by atoms with Crippen molar-refractivity contribution in [1.82, 2.24) is 0 Å². The number of carboxylic acids is 2. The Morgan fingerprint density at radius 1 is 1.28 bits per heavy atom. The molecule has 1 aliphatic rings. The lowest BCUT2D eigenvalue weighted by molar-refractivity contribution is -0.157. The molecule has 1 fully saturated rings. The van der Waals surface area contributed by atoms with E-state index in [1.165, 1.54) is 7.11 Å². The molecule has 0 aromatic heterocycles. The van der Waals surface area contributed by atoms with E-state index in [-0.39, 0.29) is 12.8 Å². The standard InChI is InChI=1S/C13H14O5/c1-18-10-5-3-2-4-9(10)13(12(16)17)6-8(7-13)11(14)15/h2-5,8H,6-7H2,1H3,(H,14,15)(H,16,17). The van der Waals surface area contributed by atoms with Crippen molar-refractivity contribution in [3.05, 3.63) is 29.8 Å². The smallest absolute Gasteiger partial charge is 0.314 e. The highest BCUT2D eigenvalue weighted by Gasteiger charge is 2.55. The fraction of sp³-hybridized carbons (Fsp3) is 0.385. The molecule has 1 aliphatic carbocycles. The number of hydrogen-bond acceptors (Lipinski definition) is 3. The SMILES string of the molecule is COc1ccccc1C1(C(=O)O)CC(C(=O)O)C1. The van der Waals surface area contributed by atoms with Gasteiger partial charge in [0, 0.05) is 5.56 Å². The van der Waals surface area contributed by atoms with Crippen molar-refractivity contribution in [2.45, 2.75) is 18.3 Å². The van der Waals surface area contributed by atoms with Gasteiger partial charge < -0.3 is 14.9 Å². The minimum Gasteiger partial charge on any atom is -0.496 e. The molecule has 1 aromatic rings. The number of carbonyl (C=O) groups is 2. The molecule has 1 saturated carbocycles. The van der Waals surface area contributed by atoms with Crippen molar-refractivity contribution < 1.29 is 24.5 Å². The van der Waals surface area contributed by atoms with Gasteiger partial charge in [0.05, 0.1) is 18.4 Å². The Morgan fingerprint density at radius 2 is 1.89 bits per heavy atom. The van der Waals surface area contributed by atoms with E-state index in [4.69, 9.17) is 9.84 Å². The molecule has 5 nitrogen and oxygen atoms in total. The summed E-state index contributed by atoms with van der Waals surface area (Å²) < 4.78 is 5.16. The van der Waals surface area contributed by atoms with Gasteiger partial charge in [0.2, 0.25) is 0 Å². The van der Waals surface area contributed by atoms with E-state index in [0.717, 1.165) is 0 Å². The van der Waals surface area contributed by atoms with E-state index in [9.17, 15) is 14.7 Å². The molecule has 0 radical (unpaired) electrons. The molecule has 0 aliphatic heterocycles. The lowest BCUT2D eigenvalue weighted by atomic mass is 9.58. The quantitative estimate of drug-likeness (QED) is 0.846. The van der Waals surface area contributed by atoms with Crippen LogP contribution in [0.2, 0.25) is 0 Å². The Bertz CT molecular complexity index is 488. The number of hydrogen-bond donors (Lipinski definition) is 2. The summed E-state index contributed by atoms with van der Waals surface area (Å²) in [5.74, 6) is -2.04. The predicted molar refractivity (Wildman–Crippen MR) is 62.7 cm³/mol. The van der Waals surface area contributed by atoms with E-state index in [2.05, 4.69) is 0 Å². The molecule has 0 amide bonds. The second kappa shape index (κ2) is 4.33. The van der Waals surface area contributed by atoms with Crippen LogP contribution >= 0.6 is 0 Å². The number of benzene rings is 1. The number of methoxy groups -OCH3 is 1. The van der Waals surface area contributed by atoms with Crippen LogP contribution in [0.4, 0.5) is 0 Å². The zero-order valence-corrected chi connectivity index (χ0v) is 9.92. The first-order chi connectivity index (χ1) is 8.51. The third-order valence-corrected chi connectivity index (χ3v) is 3.57. The van der Waals surface area contributed by atoms with Crippen LogP contribution in [-0.2, 0) is 15.0 Å². The van der Waals surface area contributed by atoms with Crippen LogP contribution in [-0.4, -0.2) is 29.3 Å². The average Bonchev–Trinajstić information content (AvgIpc) is 2.27. The maximum Gasteiger partial charge on any atom is 0.314 e. The number of carboxylic acid groups (broad SMARTS) is 2. The van der Waals surface area contributed by atoms with E-state index in [0.29, 0.717) is 11.3 Å². The van der Waals surface area contributed by atoms with Gasteiger partial charge in [-0.1, -0.05) is 18.2 Å². The molecule has 0 unspecified atom stereocenters. The van der Waals surface area contributed by atoms with Gasteiger partial charge >= 0.3 is 11.9 Å². The largest absolute Gasteiger partial charge is 0.496 e. The highest BCUT2D eigenvalue weighted by atomic mass is 16.5. The third kappa shape index (κ3) is 1.72. The van der Waals surface area contributed by atoms with Crippen LogP contribution in [0.1, 0.15) is 18.4 Å². The zero-order chi connectivity index (χ0) is 13.3. The summed E-state index contributed by atoms with van der Waals surface area (Å²) in [5, 5.41) is 18.3. The van der Waals surface area contributed by atoms with Crippen LogP contribution in [0, 0.1) is 5.92 Å². The van der Waals surface area contributed by atoms with Gasteiger partial charge in [-0.3, -0.25) is 9.59 Å². The first kappa shape index (κ1) is 12.4. The van der Waals surface area contributed by atoms with Gasteiger partial charge in [-0.15, -0.1) is 0 Å². The summed E-state index contributed by atoms with van der Waals surface area (Å²) in [6, 6.07) is 6.86. The highest BCUT2D eigenvalue weighted by molar-refractivity contribution is 5.87. The second-order valence-corrected chi connectivity index (χ2v) is 4.53. The minimum atomic E-state index is -1.13. The molecular formula is C13H14O5. The van der Waals surface area contributed by atoms with Crippen molar-refractivity contribution in [1.29, 1.82) is 0 Å². The molecule has 0 bridgehead atoms. The Hall–Kier alpha value is -2.04. The predicted octanol–water partition coefficient (Wildman–Crippen LogP) is 1.51. The molecule has 96 valence electrons. The summed E-state index contributed by atoms with van der Waals surface area (Å²) in [7, 11) is 1.47. The van der Waals surface area contributed by atoms with Gasteiger partial charge in [0.15, 0.2) is 0 Å². The Balaban J connectivity index is 2.39. The van der Waals surface area contributed by atoms with Crippen LogP contribution in [0.5, 0.6) is 5.75 Å². The van der Waals surface area contributed by atoms with Gasteiger partial charge in [-0.2, -0.15) is 0 Å². The molecule has 0 atom stereocenters. The lowest BCUT2D eigenvalue weighted by Gasteiger charge is -2.43. The summed E-state index contributed by atoms with van der Waals surface area (Å²) in [4.78, 5) is 22.3. The molecule has 0 heterocycles. The van der Waals surface area contributed by atoms with Crippen molar-refractivity contribution in [3.8, 4) is 5.75 Å². The molecule has 2 rings (SSSR count). The number of ether oxygens (including phenoxy) is 1. The van der Waals surface area contributed by atoms with Crippen molar-refractivity contribution in [2.75, 3.05) is 7.11 Å². The van der Waals surface area contributed by atoms with Crippen LogP contribution < -0.4 is 4.74 Å². The van der Waals surface area contributed by atoms with Crippen molar-refractivity contribution in [3.63, 3.8) is 0 Å². The molecule has 0 spiro atoms. The third-order valence-electron chi connectivity index (χ3n) is 3.57. The second-order valence-electron chi connectivity index (χ2n) is 4.53. The fourth-order valence-corrected chi connectivity index (χ4v) is 2.51. The van der Waals surface area contributed by atoms with E-state index < -0.39 is 23.3 Å². The summed E-state index contributed by atoms with van der Waals surface area (Å²) in [5.41, 5.74) is -0.576. The van der Waals surface area contributed by atoms with Crippen LogP contribution in [0.25, 0.3) is 0 Å². The molecule has 5 heteroatoms. The van der Waals surface area contributed by atoms with Crippen LogP contribution in [0.15, 0.2) is 24.3 Å². The summed E-state index contributed by atoms with van der Waals surface area (Å²) in [6.07, 6.45) is 0.218. The number of aliphatic carboxylic acids is 2. The first-order valence-electron chi connectivity index (χ1n) is 5.61. The normalized spacial score (nSPS) is 26.2. The summed E-state index contributed by atoms with van der Waals surface area (Å²) >= 11 is 0. The molecule has 0 saturated heterocycles. The van der Waals surface area contributed by atoms with Crippen molar-refractivity contribution >= 4 is 11.9 Å². The summed E-state index contributed by atoms with van der Waals surface area (Å²) in [6.45, 7) is 0. The minimum absolute atomic E-state index is 0.109. The Labute approximate surface area is 104 Å². The van der Waals surface area contributed by atoms with Gasteiger partial charge in [-0.25, -0.2) is 0 Å². The van der Waals surface area contributed by atoms with Gasteiger partial charge in [-0.05, 0) is 18.9 Å². The van der Waals surface area contributed by atoms with Crippen LogP contribution in [0.3, 0.4) is 0 Å².